The summed E-state index contributed by atoms with van der Waals surface area (Å²) in [7, 11) is 0. The highest BCUT2D eigenvalue weighted by atomic mass is 16.6. The van der Waals surface area contributed by atoms with Crippen LogP contribution in [0, 0.1) is 10.1 Å². The van der Waals surface area contributed by atoms with Crippen molar-refractivity contribution in [2.24, 2.45) is 5.10 Å². The highest BCUT2D eigenvalue weighted by molar-refractivity contribution is 5.80. The molecule has 7 heteroatoms. The second-order valence-corrected chi connectivity index (χ2v) is 4.79. The van der Waals surface area contributed by atoms with Gasteiger partial charge in [-0.1, -0.05) is 12.1 Å². The first-order valence-electron chi connectivity index (χ1n) is 7.38. The molecule has 0 unspecified atom stereocenters. The van der Waals surface area contributed by atoms with Crippen LogP contribution in [0.3, 0.4) is 0 Å². The van der Waals surface area contributed by atoms with Crippen LogP contribution < -0.4 is 10.3 Å². The number of hydrazone groups is 1. The zero-order valence-corrected chi connectivity index (χ0v) is 13.1. The molecule has 1 N–H and O–H groups in total. The lowest BCUT2D eigenvalue weighted by atomic mass is 10.2. The van der Waals surface area contributed by atoms with Gasteiger partial charge < -0.3 is 4.90 Å². The molecule has 0 fully saturated rings. The van der Waals surface area contributed by atoms with Gasteiger partial charge in [0.25, 0.3) is 5.69 Å². The molecule has 2 rings (SSSR count). The summed E-state index contributed by atoms with van der Waals surface area (Å²) in [6.45, 7) is 6.19. The standard InChI is InChI=1S/C16H19N5O2/c1-3-20(4-2)14-7-5-13(6-8-14)11-18-19-16-10-9-15(12-17-16)21(22)23/h5-12H,3-4H2,1-2H3,(H,17,19)/b18-11+. The number of aromatic nitrogens is 1. The Morgan fingerprint density at radius 3 is 2.43 bits per heavy atom. The molecule has 0 spiro atoms. The largest absolute Gasteiger partial charge is 0.372 e. The molecule has 7 nitrogen and oxygen atoms in total. The molecule has 0 atom stereocenters. The number of anilines is 2. The minimum atomic E-state index is -0.489. The number of pyridine rings is 1. The molecule has 0 saturated heterocycles. The third-order valence-electron chi connectivity index (χ3n) is 3.37. The molecule has 0 saturated carbocycles. The Labute approximate surface area is 134 Å². The number of hydrogen-bond acceptors (Lipinski definition) is 6. The van der Waals surface area contributed by atoms with Gasteiger partial charge in [-0.15, -0.1) is 0 Å². The van der Waals surface area contributed by atoms with E-state index in [9.17, 15) is 10.1 Å². The number of nitro groups is 1. The van der Waals surface area contributed by atoms with Crippen molar-refractivity contribution in [1.29, 1.82) is 0 Å². The lowest BCUT2D eigenvalue weighted by molar-refractivity contribution is -0.385. The minimum Gasteiger partial charge on any atom is -0.372 e. The Hall–Kier alpha value is -2.96. The highest BCUT2D eigenvalue weighted by Crippen LogP contribution is 2.14. The van der Waals surface area contributed by atoms with Crippen LogP contribution in [-0.2, 0) is 0 Å². The summed E-state index contributed by atoms with van der Waals surface area (Å²) in [5.74, 6) is 0.451. The summed E-state index contributed by atoms with van der Waals surface area (Å²) in [4.78, 5) is 16.2. The molecule has 0 aliphatic rings. The van der Waals surface area contributed by atoms with Crippen molar-refractivity contribution < 1.29 is 4.92 Å². The van der Waals surface area contributed by atoms with Gasteiger partial charge in [-0.05, 0) is 37.6 Å². The predicted octanol–water partition coefficient (Wildman–Crippen LogP) is 3.28. The van der Waals surface area contributed by atoms with Gasteiger partial charge in [-0.3, -0.25) is 15.5 Å². The molecule has 120 valence electrons. The van der Waals surface area contributed by atoms with E-state index in [2.05, 4.69) is 46.4 Å². The van der Waals surface area contributed by atoms with Gasteiger partial charge in [0.2, 0.25) is 0 Å². The first-order valence-corrected chi connectivity index (χ1v) is 7.38. The van der Waals surface area contributed by atoms with Crippen molar-refractivity contribution in [3.05, 3.63) is 58.3 Å². The fourth-order valence-corrected chi connectivity index (χ4v) is 2.09. The van der Waals surface area contributed by atoms with Gasteiger partial charge in [0.15, 0.2) is 0 Å². The number of hydrogen-bond donors (Lipinski definition) is 1. The van der Waals surface area contributed by atoms with Gasteiger partial charge in [0.05, 0.1) is 11.1 Å². The third-order valence-corrected chi connectivity index (χ3v) is 3.37. The Bertz CT molecular complexity index is 664. The van der Waals surface area contributed by atoms with E-state index in [1.165, 1.54) is 24.0 Å². The number of nitrogens with zero attached hydrogens (tertiary/aromatic N) is 4. The lowest BCUT2D eigenvalue weighted by Crippen LogP contribution is -2.21. The van der Waals surface area contributed by atoms with Gasteiger partial charge in [0, 0.05) is 24.8 Å². The molecular formula is C16H19N5O2. The molecule has 1 heterocycles. The van der Waals surface area contributed by atoms with E-state index in [1.54, 1.807) is 6.21 Å². The second kappa shape index (κ2) is 7.88. The zero-order chi connectivity index (χ0) is 16.7. The van der Waals surface area contributed by atoms with Crippen LogP contribution >= 0.6 is 0 Å². The molecule has 0 aliphatic heterocycles. The maximum Gasteiger partial charge on any atom is 0.287 e. The van der Waals surface area contributed by atoms with Crippen LogP contribution in [0.1, 0.15) is 19.4 Å². The predicted molar refractivity (Wildman–Crippen MR) is 92.1 cm³/mol. The molecule has 0 amide bonds. The van der Waals surface area contributed by atoms with Crippen LogP contribution in [0.25, 0.3) is 0 Å². The average molecular weight is 313 g/mol. The van der Waals surface area contributed by atoms with Crippen molar-refractivity contribution in [2.45, 2.75) is 13.8 Å². The Balaban J connectivity index is 1.96. The van der Waals surface area contributed by atoms with Crippen LogP contribution in [0.5, 0.6) is 0 Å². The number of rotatable bonds is 7. The van der Waals surface area contributed by atoms with Crippen LogP contribution in [0.4, 0.5) is 17.2 Å². The van der Waals surface area contributed by atoms with Gasteiger partial charge in [-0.25, -0.2) is 4.98 Å². The smallest absolute Gasteiger partial charge is 0.287 e. The third kappa shape index (κ3) is 4.50. The van der Waals surface area contributed by atoms with E-state index in [0.29, 0.717) is 5.82 Å². The summed E-state index contributed by atoms with van der Waals surface area (Å²) in [6.07, 6.45) is 2.87. The van der Waals surface area contributed by atoms with Crippen molar-refractivity contribution >= 4 is 23.4 Å². The average Bonchev–Trinajstić information content (AvgIpc) is 2.58. The molecule has 0 radical (unpaired) electrons. The SMILES string of the molecule is CCN(CC)c1ccc(/C=N/Nc2ccc([N+](=O)[O-])cn2)cc1. The van der Waals surface area contributed by atoms with Crippen molar-refractivity contribution in [1.82, 2.24) is 4.98 Å². The fourth-order valence-electron chi connectivity index (χ4n) is 2.09. The summed E-state index contributed by atoms with van der Waals surface area (Å²) >= 11 is 0. The van der Waals surface area contributed by atoms with Crippen molar-refractivity contribution in [3.63, 3.8) is 0 Å². The van der Waals surface area contributed by atoms with Gasteiger partial charge >= 0.3 is 0 Å². The number of nitrogens with one attached hydrogen (secondary N) is 1. The molecule has 1 aromatic heterocycles. The number of benzene rings is 1. The maximum absolute atomic E-state index is 10.5. The van der Waals surface area contributed by atoms with E-state index < -0.39 is 4.92 Å². The molecule has 23 heavy (non-hydrogen) atoms. The summed E-state index contributed by atoms with van der Waals surface area (Å²) in [5, 5.41) is 14.6. The normalized spacial score (nSPS) is 10.7. The minimum absolute atomic E-state index is 0.0495. The zero-order valence-electron chi connectivity index (χ0n) is 13.1. The first-order chi connectivity index (χ1) is 11.1. The van der Waals surface area contributed by atoms with Gasteiger partial charge in [0.1, 0.15) is 12.0 Å². The highest BCUT2D eigenvalue weighted by Gasteiger charge is 2.04. The monoisotopic (exact) mass is 313 g/mol. The Kier molecular flexibility index (Phi) is 5.62. The molecule has 1 aromatic carbocycles. The molecular weight excluding hydrogens is 294 g/mol. The molecule has 0 bridgehead atoms. The maximum atomic E-state index is 10.5. The quantitative estimate of drug-likeness (QED) is 0.482. The van der Waals surface area contributed by atoms with Crippen molar-refractivity contribution in [3.8, 4) is 0 Å². The van der Waals surface area contributed by atoms with E-state index >= 15 is 0 Å². The fraction of sp³-hybridized carbons (Fsp3) is 0.250. The van der Waals surface area contributed by atoms with Crippen LogP contribution in [0.2, 0.25) is 0 Å². The van der Waals surface area contributed by atoms with E-state index in [4.69, 9.17) is 0 Å². The molecule has 0 aliphatic carbocycles. The topological polar surface area (TPSA) is 83.7 Å². The van der Waals surface area contributed by atoms with Crippen LogP contribution in [0.15, 0.2) is 47.7 Å². The lowest BCUT2D eigenvalue weighted by Gasteiger charge is -2.20. The first kappa shape index (κ1) is 16.4. The Morgan fingerprint density at radius 1 is 1.22 bits per heavy atom. The van der Waals surface area contributed by atoms with E-state index in [-0.39, 0.29) is 5.69 Å². The van der Waals surface area contributed by atoms with Gasteiger partial charge in [-0.2, -0.15) is 5.10 Å². The van der Waals surface area contributed by atoms with Crippen molar-refractivity contribution in [2.75, 3.05) is 23.4 Å². The van der Waals surface area contributed by atoms with E-state index in [0.717, 1.165) is 18.7 Å². The summed E-state index contributed by atoms with van der Waals surface area (Å²) in [6, 6.07) is 11.0. The van der Waals surface area contributed by atoms with E-state index in [1.807, 2.05) is 12.1 Å². The van der Waals surface area contributed by atoms with Crippen LogP contribution in [-0.4, -0.2) is 29.2 Å². The Morgan fingerprint density at radius 2 is 1.91 bits per heavy atom. The second-order valence-electron chi connectivity index (χ2n) is 4.79. The molecule has 2 aromatic rings. The summed E-state index contributed by atoms with van der Waals surface area (Å²) in [5.41, 5.74) is 4.83. The summed E-state index contributed by atoms with van der Waals surface area (Å²) < 4.78 is 0.